The number of rotatable bonds is 5. The molecule has 37 heavy (non-hydrogen) atoms. The Balaban J connectivity index is 1.28. The average Bonchev–Trinajstić information content (AvgIpc) is 3.37. The number of fused-ring (bicyclic) bond motifs is 2. The highest BCUT2D eigenvalue weighted by atomic mass is 32.1. The maximum absolute atomic E-state index is 12.9. The summed E-state index contributed by atoms with van der Waals surface area (Å²) in [4.78, 5) is 39.8. The highest BCUT2D eigenvalue weighted by Gasteiger charge is 2.36. The van der Waals surface area contributed by atoms with E-state index in [-0.39, 0.29) is 23.5 Å². The Hall–Kier alpha value is -4.57. The maximum atomic E-state index is 12.9. The van der Waals surface area contributed by atoms with Crippen molar-refractivity contribution in [1.82, 2.24) is 30.8 Å². The number of aryl methyl sites for hydroxylation is 1. The Morgan fingerprint density at radius 3 is 2.38 bits per heavy atom. The third kappa shape index (κ3) is 4.91. The van der Waals surface area contributed by atoms with Crippen molar-refractivity contribution in [3.8, 4) is 0 Å². The number of hydrogen-bond acceptors (Lipinski definition) is 5. The van der Waals surface area contributed by atoms with E-state index in [0.29, 0.717) is 28.8 Å². The van der Waals surface area contributed by atoms with E-state index in [1.807, 2.05) is 37.3 Å². The molecule has 5 rings (SSSR count). The first-order valence-corrected chi connectivity index (χ1v) is 12.0. The zero-order valence-corrected chi connectivity index (χ0v) is 20.7. The van der Waals surface area contributed by atoms with E-state index in [1.165, 1.54) is 9.58 Å². The third-order valence-electron chi connectivity index (χ3n) is 6.13. The summed E-state index contributed by atoms with van der Waals surface area (Å²) in [5.74, 6) is -0.684. The molecule has 0 saturated carbocycles. The van der Waals surface area contributed by atoms with Gasteiger partial charge in [0.15, 0.2) is 5.11 Å². The first-order chi connectivity index (χ1) is 17.9. The summed E-state index contributed by atoms with van der Waals surface area (Å²) in [7, 11) is 0. The van der Waals surface area contributed by atoms with Crippen LogP contribution in [0.15, 0.2) is 72.8 Å². The maximum Gasteiger partial charge on any atom is 0.361 e. The molecule has 3 N–H and O–H groups in total. The second-order valence-electron chi connectivity index (χ2n) is 8.62. The van der Waals surface area contributed by atoms with E-state index in [1.54, 1.807) is 42.5 Å². The van der Waals surface area contributed by atoms with Gasteiger partial charge in [0.2, 0.25) is 0 Å². The SMILES string of the molecule is Cc1nn(C(=O)NNC(=S)N[C@H](Cc2ccccc2)CN2C(=O)c3ccccc3C2=O)c2cc[c]cc12. The lowest BCUT2D eigenvalue weighted by Crippen LogP contribution is -2.54. The molecule has 9 nitrogen and oxygen atoms in total. The molecule has 185 valence electrons. The minimum atomic E-state index is -0.520. The molecule has 0 unspecified atom stereocenters. The second-order valence-corrected chi connectivity index (χ2v) is 9.03. The van der Waals surface area contributed by atoms with Gasteiger partial charge >= 0.3 is 6.03 Å². The average molecular weight is 512 g/mol. The Morgan fingerprint density at radius 2 is 1.68 bits per heavy atom. The van der Waals surface area contributed by atoms with Gasteiger partial charge in [-0.2, -0.15) is 9.78 Å². The summed E-state index contributed by atoms with van der Waals surface area (Å²) in [6.07, 6.45) is 0.490. The van der Waals surface area contributed by atoms with Gasteiger partial charge in [0.1, 0.15) is 0 Å². The standard InChI is InChI=1S/C27H23N6O3S/c1-17-20-11-7-8-14-23(20)33(31-17)27(36)30-29-26(37)28-19(15-18-9-3-2-4-10-18)16-32-24(34)21-12-5-6-13-22(21)25(32)35/h2-6,8-14,19H,15-16H2,1H3,(H,30,36)(H2,28,29,37)/t19-/m1/s1. The molecule has 0 fully saturated rings. The van der Waals surface area contributed by atoms with Crippen LogP contribution in [-0.4, -0.2) is 50.2 Å². The van der Waals surface area contributed by atoms with E-state index in [9.17, 15) is 14.4 Å². The van der Waals surface area contributed by atoms with Crippen LogP contribution in [0.3, 0.4) is 0 Å². The molecule has 3 amide bonds. The van der Waals surface area contributed by atoms with Crippen molar-refractivity contribution in [2.45, 2.75) is 19.4 Å². The summed E-state index contributed by atoms with van der Waals surface area (Å²) >= 11 is 5.43. The number of thiocarbonyl (C=S) groups is 1. The fourth-order valence-electron chi connectivity index (χ4n) is 4.38. The van der Waals surface area contributed by atoms with Gasteiger partial charge in [-0.05, 0) is 61.5 Å². The van der Waals surface area contributed by atoms with Crippen molar-refractivity contribution >= 4 is 46.1 Å². The lowest BCUT2D eigenvalue weighted by molar-refractivity contribution is 0.0641. The molecule has 0 saturated heterocycles. The first-order valence-electron chi connectivity index (χ1n) is 11.6. The van der Waals surface area contributed by atoms with Gasteiger partial charge in [-0.3, -0.25) is 19.9 Å². The molecule has 2 heterocycles. The second kappa shape index (κ2) is 10.2. The van der Waals surface area contributed by atoms with Gasteiger partial charge in [-0.15, -0.1) is 0 Å². The van der Waals surface area contributed by atoms with Crippen LogP contribution < -0.4 is 16.2 Å². The molecule has 0 bridgehead atoms. The van der Waals surface area contributed by atoms with Crippen molar-refractivity contribution in [2.75, 3.05) is 6.54 Å². The molecule has 1 aliphatic rings. The van der Waals surface area contributed by atoms with Crippen molar-refractivity contribution in [1.29, 1.82) is 0 Å². The fourth-order valence-corrected chi connectivity index (χ4v) is 4.60. The number of nitrogens with one attached hydrogen (secondary N) is 3. The molecule has 4 aromatic rings. The van der Waals surface area contributed by atoms with Crippen molar-refractivity contribution in [3.63, 3.8) is 0 Å². The summed E-state index contributed by atoms with van der Waals surface area (Å²) < 4.78 is 1.24. The van der Waals surface area contributed by atoms with Crippen molar-refractivity contribution in [2.24, 2.45) is 0 Å². The van der Waals surface area contributed by atoms with E-state index < -0.39 is 12.1 Å². The largest absolute Gasteiger partial charge is 0.361 e. The monoisotopic (exact) mass is 511 g/mol. The normalized spacial score (nSPS) is 13.4. The van der Waals surface area contributed by atoms with Crippen molar-refractivity contribution < 1.29 is 14.4 Å². The first kappa shape index (κ1) is 24.1. The van der Waals surface area contributed by atoms with Crippen LogP contribution >= 0.6 is 12.2 Å². The molecule has 1 atom stereocenters. The van der Waals surface area contributed by atoms with Crippen molar-refractivity contribution in [3.05, 3.63) is 101 Å². The van der Waals surface area contributed by atoms with Crippen LogP contribution in [0.4, 0.5) is 4.79 Å². The van der Waals surface area contributed by atoms with Crippen LogP contribution in [0.1, 0.15) is 32.0 Å². The highest BCUT2D eigenvalue weighted by molar-refractivity contribution is 7.80. The zero-order chi connectivity index (χ0) is 25.9. The molecule has 1 radical (unpaired) electrons. The van der Waals surface area contributed by atoms with Gasteiger partial charge < -0.3 is 5.32 Å². The van der Waals surface area contributed by atoms with Crippen LogP contribution in [0.25, 0.3) is 10.9 Å². The van der Waals surface area contributed by atoms with Crippen LogP contribution in [0.2, 0.25) is 0 Å². The number of carbonyl (C=O) groups is 3. The molecule has 3 aromatic carbocycles. The lowest BCUT2D eigenvalue weighted by Gasteiger charge is -2.25. The molecule has 10 heteroatoms. The molecule has 1 aromatic heterocycles. The molecule has 0 aliphatic carbocycles. The quantitative estimate of drug-likeness (QED) is 0.215. The summed E-state index contributed by atoms with van der Waals surface area (Å²) in [5.41, 5.74) is 8.36. The highest BCUT2D eigenvalue weighted by Crippen LogP contribution is 2.23. The summed E-state index contributed by atoms with van der Waals surface area (Å²) in [5, 5.41) is 8.38. The van der Waals surface area contributed by atoms with Gasteiger partial charge in [-0.1, -0.05) is 48.5 Å². The van der Waals surface area contributed by atoms with Crippen LogP contribution in [0, 0.1) is 13.0 Å². The van der Waals surface area contributed by atoms with Gasteiger partial charge in [0, 0.05) is 11.9 Å². The van der Waals surface area contributed by atoms with E-state index >= 15 is 0 Å². The number of nitrogens with zero attached hydrogens (tertiary/aromatic N) is 3. The minimum Gasteiger partial charge on any atom is -0.356 e. The van der Waals surface area contributed by atoms with E-state index in [4.69, 9.17) is 12.2 Å². The molecule has 0 spiro atoms. The molecular formula is C27H23N6O3S. The number of hydrazine groups is 1. The lowest BCUT2D eigenvalue weighted by atomic mass is 10.1. The van der Waals surface area contributed by atoms with Crippen LogP contribution in [0.5, 0.6) is 0 Å². The Morgan fingerprint density at radius 1 is 1.00 bits per heavy atom. The smallest absolute Gasteiger partial charge is 0.356 e. The van der Waals surface area contributed by atoms with E-state index in [0.717, 1.165) is 10.9 Å². The van der Waals surface area contributed by atoms with Gasteiger partial charge in [0.05, 0.1) is 28.4 Å². The summed E-state index contributed by atoms with van der Waals surface area (Å²) in [6.45, 7) is 1.91. The fraction of sp³-hybridized carbons (Fsp3) is 0.148. The number of aromatic nitrogens is 2. The number of benzene rings is 3. The number of carbonyl (C=O) groups excluding carboxylic acids is 3. The Labute approximate surface area is 218 Å². The Bertz CT molecular complexity index is 1480. The van der Waals surface area contributed by atoms with Crippen LogP contribution in [-0.2, 0) is 6.42 Å². The third-order valence-corrected chi connectivity index (χ3v) is 6.35. The predicted octanol–water partition coefficient (Wildman–Crippen LogP) is 2.99. The van der Waals surface area contributed by atoms with Gasteiger partial charge in [0.25, 0.3) is 11.8 Å². The van der Waals surface area contributed by atoms with E-state index in [2.05, 4.69) is 27.3 Å². The number of imide groups is 1. The molecular weight excluding hydrogens is 488 g/mol. The predicted molar refractivity (Wildman–Crippen MR) is 142 cm³/mol. The summed E-state index contributed by atoms with van der Waals surface area (Å²) in [6, 6.07) is 23.7. The zero-order valence-electron chi connectivity index (χ0n) is 19.9. The Kier molecular flexibility index (Phi) is 6.65. The van der Waals surface area contributed by atoms with Gasteiger partial charge in [-0.25, -0.2) is 10.2 Å². The number of amides is 3. The topological polar surface area (TPSA) is 108 Å². The number of hydrogen-bond donors (Lipinski definition) is 3. The minimum absolute atomic E-state index is 0.0937. The molecule has 1 aliphatic heterocycles.